The molecule has 4 heterocycles. The highest BCUT2D eigenvalue weighted by Gasteiger charge is 2.38. The molecule has 0 unspecified atom stereocenters. The summed E-state index contributed by atoms with van der Waals surface area (Å²) in [6.45, 7) is 5.08. The molecule has 2 aromatic heterocycles. The molecule has 8 heteroatoms. The van der Waals surface area contributed by atoms with Crippen LogP contribution in [0.2, 0.25) is 0 Å². The lowest BCUT2D eigenvalue weighted by molar-refractivity contribution is -0.00909. The quantitative estimate of drug-likeness (QED) is 0.869. The first-order valence-electron chi connectivity index (χ1n) is 8.49. The number of aromatic nitrogens is 4. The van der Waals surface area contributed by atoms with Crippen molar-refractivity contribution in [1.29, 1.82) is 0 Å². The number of fused-ring (bicyclic) bond motifs is 1. The molecule has 0 saturated carbocycles. The largest absolute Gasteiger partial charge is 0.369 e. The van der Waals surface area contributed by atoms with E-state index in [-0.39, 0.29) is 29.6 Å². The van der Waals surface area contributed by atoms with Crippen molar-refractivity contribution < 1.29 is 9.53 Å². The number of carbonyl (C=O) groups excluding carboxylic acids is 1. The van der Waals surface area contributed by atoms with E-state index in [9.17, 15) is 9.59 Å². The van der Waals surface area contributed by atoms with Crippen LogP contribution in [0.1, 0.15) is 53.4 Å². The fraction of sp³-hybridized carbons (Fsp3) is 0.529. The number of carbonyl (C=O) groups is 1. The van der Waals surface area contributed by atoms with E-state index in [1.807, 2.05) is 20.9 Å². The topological polar surface area (TPSA) is 93.1 Å². The summed E-state index contributed by atoms with van der Waals surface area (Å²) in [4.78, 5) is 33.0. The van der Waals surface area contributed by atoms with Gasteiger partial charge in [0.25, 0.3) is 11.5 Å². The third-order valence-corrected chi connectivity index (χ3v) is 4.96. The molecule has 1 N–H and O–H groups in total. The van der Waals surface area contributed by atoms with Gasteiger partial charge in [0.1, 0.15) is 5.82 Å². The number of nitrogens with zero attached hydrogens (tertiary/aromatic N) is 4. The van der Waals surface area contributed by atoms with Gasteiger partial charge in [0.2, 0.25) is 0 Å². The minimum Gasteiger partial charge on any atom is -0.369 e. The molecule has 2 aliphatic rings. The Hall–Kier alpha value is -2.48. The summed E-state index contributed by atoms with van der Waals surface area (Å²) in [5.74, 6) is 0.640. The molecule has 0 spiro atoms. The second-order valence-electron chi connectivity index (χ2n) is 6.86. The lowest BCUT2D eigenvalue weighted by atomic mass is 9.95. The van der Waals surface area contributed by atoms with Gasteiger partial charge in [-0.1, -0.05) is 0 Å². The van der Waals surface area contributed by atoms with Crippen molar-refractivity contribution in [1.82, 2.24) is 24.6 Å². The predicted molar refractivity (Wildman–Crippen MR) is 89.4 cm³/mol. The third kappa shape index (κ3) is 2.66. The predicted octanol–water partition coefficient (Wildman–Crippen LogP) is 0.765. The number of aryl methyl sites for hydroxylation is 1. The molecular weight excluding hydrogens is 322 g/mol. The van der Waals surface area contributed by atoms with Gasteiger partial charge >= 0.3 is 0 Å². The van der Waals surface area contributed by atoms with Crippen LogP contribution < -0.4 is 5.56 Å². The molecule has 1 saturated heterocycles. The summed E-state index contributed by atoms with van der Waals surface area (Å²) < 4.78 is 7.60. The molecule has 0 bridgehead atoms. The Labute approximate surface area is 144 Å². The van der Waals surface area contributed by atoms with E-state index in [1.165, 1.54) is 12.3 Å². The summed E-state index contributed by atoms with van der Waals surface area (Å²) >= 11 is 0. The molecule has 8 nitrogen and oxygen atoms in total. The molecule has 2 aliphatic heterocycles. The van der Waals surface area contributed by atoms with Gasteiger partial charge in [0.15, 0.2) is 5.69 Å². The van der Waals surface area contributed by atoms with Crippen LogP contribution in [0.5, 0.6) is 0 Å². The Morgan fingerprint density at radius 3 is 2.84 bits per heavy atom. The van der Waals surface area contributed by atoms with Gasteiger partial charge in [-0.2, -0.15) is 5.10 Å². The zero-order chi connectivity index (χ0) is 17.7. The lowest BCUT2D eigenvalue weighted by Crippen LogP contribution is -2.49. The standard InChI is InChI=1S/C17H21N5O3/c1-9-6-12-14(20-21(3)15(12)10(2)25-9)17(24)22-7-11(8-22)16-18-5-4-13(23)19-16/h4-5,9-11H,6-8H2,1-3H3,(H,18,19,23)/t9-,10+/m1/s1. The van der Waals surface area contributed by atoms with Crippen molar-refractivity contribution in [3.05, 3.63) is 45.4 Å². The number of nitrogens with one attached hydrogen (secondary N) is 1. The van der Waals surface area contributed by atoms with Gasteiger partial charge in [0.05, 0.1) is 23.8 Å². The van der Waals surface area contributed by atoms with Crippen LogP contribution in [0, 0.1) is 0 Å². The number of aromatic amines is 1. The van der Waals surface area contributed by atoms with Crippen LogP contribution in [0.25, 0.3) is 0 Å². The summed E-state index contributed by atoms with van der Waals surface area (Å²) in [6.07, 6.45) is 2.19. The Morgan fingerprint density at radius 1 is 1.36 bits per heavy atom. The van der Waals surface area contributed by atoms with Crippen molar-refractivity contribution in [2.24, 2.45) is 7.05 Å². The first-order chi connectivity index (χ1) is 11.9. The highest BCUT2D eigenvalue weighted by atomic mass is 16.5. The SMILES string of the molecule is C[C@@H]1Cc2c(C(=O)N3CC(c4nccc(=O)[nH]4)C3)nn(C)c2[C@H](C)O1. The van der Waals surface area contributed by atoms with Gasteiger partial charge in [-0.25, -0.2) is 4.98 Å². The summed E-state index contributed by atoms with van der Waals surface area (Å²) in [5.41, 5.74) is 2.32. The molecule has 0 radical (unpaired) electrons. The van der Waals surface area contributed by atoms with Crippen molar-refractivity contribution >= 4 is 5.91 Å². The average Bonchev–Trinajstić information content (AvgIpc) is 2.82. The number of hydrogen-bond acceptors (Lipinski definition) is 5. The van der Waals surface area contributed by atoms with E-state index in [1.54, 1.807) is 9.58 Å². The van der Waals surface area contributed by atoms with Crippen molar-refractivity contribution in [3.8, 4) is 0 Å². The first kappa shape index (κ1) is 16.0. The minimum absolute atomic E-state index is 0.0623. The first-order valence-corrected chi connectivity index (χ1v) is 8.49. The van der Waals surface area contributed by atoms with Gasteiger partial charge in [-0.05, 0) is 13.8 Å². The molecule has 1 fully saturated rings. The number of ether oxygens (including phenoxy) is 1. The van der Waals surface area contributed by atoms with Crippen LogP contribution in [0.3, 0.4) is 0 Å². The number of likely N-dealkylation sites (tertiary alicyclic amines) is 1. The van der Waals surface area contributed by atoms with E-state index in [4.69, 9.17) is 4.74 Å². The van der Waals surface area contributed by atoms with Gasteiger partial charge in [0, 0.05) is 44.4 Å². The molecule has 2 atom stereocenters. The molecule has 0 aliphatic carbocycles. The zero-order valence-corrected chi connectivity index (χ0v) is 14.5. The van der Waals surface area contributed by atoms with Gasteiger partial charge in [-0.3, -0.25) is 14.3 Å². The van der Waals surface area contributed by atoms with Gasteiger partial charge in [-0.15, -0.1) is 0 Å². The molecule has 0 aromatic carbocycles. The van der Waals surface area contributed by atoms with Crippen molar-refractivity contribution in [3.63, 3.8) is 0 Å². The molecule has 2 aromatic rings. The molecule has 1 amide bonds. The molecular formula is C17H21N5O3. The van der Waals surface area contributed by atoms with Crippen LogP contribution in [-0.2, 0) is 18.2 Å². The van der Waals surface area contributed by atoms with Crippen molar-refractivity contribution in [2.75, 3.05) is 13.1 Å². The maximum Gasteiger partial charge on any atom is 0.274 e. The normalized spacial score (nSPS) is 23.2. The van der Waals surface area contributed by atoms with Crippen LogP contribution in [0.4, 0.5) is 0 Å². The molecule has 25 heavy (non-hydrogen) atoms. The van der Waals surface area contributed by atoms with E-state index >= 15 is 0 Å². The lowest BCUT2D eigenvalue weighted by Gasteiger charge is -2.38. The highest BCUT2D eigenvalue weighted by Crippen LogP contribution is 2.33. The van der Waals surface area contributed by atoms with Gasteiger partial charge < -0.3 is 14.6 Å². The number of hydrogen-bond donors (Lipinski definition) is 1. The number of H-pyrrole nitrogens is 1. The fourth-order valence-corrected chi connectivity index (χ4v) is 3.77. The van der Waals surface area contributed by atoms with Crippen LogP contribution in [-0.4, -0.2) is 49.7 Å². The smallest absolute Gasteiger partial charge is 0.274 e. The third-order valence-electron chi connectivity index (χ3n) is 4.96. The van der Waals surface area contributed by atoms with E-state index < -0.39 is 0 Å². The Kier molecular flexibility index (Phi) is 3.72. The number of amides is 1. The Morgan fingerprint density at radius 2 is 2.12 bits per heavy atom. The second kappa shape index (κ2) is 5.80. The maximum atomic E-state index is 12.9. The fourth-order valence-electron chi connectivity index (χ4n) is 3.77. The Balaban J connectivity index is 1.54. The Bertz CT molecular complexity index is 881. The summed E-state index contributed by atoms with van der Waals surface area (Å²) in [6, 6.07) is 1.38. The molecule has 132 valence electrons. The maximum absolute atomic E-state index is 12.9. The van der Waals surface area contributed by atoms with Crippen molar-refractivity contribution in [2.45, 2.75) is 38.4 Å². The molecule has 4 rings (SSSR count). The van der Waals surface area contributed by atoms with Crippen LogP contribution >= 0.6 is 0 Å². The van der Waals surface area contributed by atoms with E-state index in [0.717, 1.165) is 11.3 Å². The zero-order valence-electron chi connectivity index (χ0n) is 14.5. The second-order valence-corrected chi connectivity index (χ2v) is 6.86. The summed E-state index contributed by atoms with van der Waals surface area (Å²) in [7, 11) is 1.85. The number of rotatable bonds is 2. The summed E-state index contributed by atoms with van der Waals surface area (Å²) in [5, 5.41) is 4.46. The monoisotopic (exact) mass is 343 g/mol. The van der Waals surface area contributed by atoms with E-state index in [0.29, 0.717) is 31.0 Å². The highest BCUT2D eigenvalue weighted by molar-refractivity contribution is 5.94. The minimum atomic E-state index is -0.170. The van der Waals surface area contributed by atoms with Crippen LogP contribution in [0.15, 0.2) is 17.1 Å². The average molecular weight is 343 g/mol. The van der Waals surface area contributed by atoms with E-state index in [2.05, 4.69) is 15.1 Å².